The minimum atomic E-state index is -4.77. The van der Waals surface area contributed by atoms with E-state index in [-0.39, 0.29) is 10.2 Å². The molecule has 0 unspecified atom stereocenters. The maximum absolute atomic E-state index is 12.1. The standard InChI is InChI=1S/C7H4Cl2F3NO/c8-4-2-13-5(9)1-3(4)6(14)7(10,11)12/h1-2,6,14H/t6-/m1/s1. The topological polar surface area (TPSA) is 33.1 Å². The van der Waals surface area contributed by atoms with Gasteiger partial charge in [0.1, 0.15) is 5.15 Å². The third kappa shape index (κ3) is 2.50. The van der Waals surface area contributed by atoms with Gasteiger partial charge in [0.05, 0.1) is 5.02 Å². The average Bonchev–Trinajstić information content (AvgIpc) is 2.06. The molecule has 7 heteroatoms. The first kappa shape index (κ1) is 11.6. The Morgan fingerprint density at radius 2 is 1.93 bits per heavy atom. The van der Waals surface area contributed by atoms with E-state index in [4.69, 9.17) is 28.3 Å². The monoisotopic (exact) mass is 245 g/mol. The number of rotatable bonds is 1. The van der Waals surface area contributed by atoms with Gasteiger partial charge >= 0.3 is 6.18 Å². The number of aliphatic hydroxyl groups is 1. The Kier molecular flexibility index (Phi) is 3.24. The average molecular weight is 246 g/mol. The van der Waals surface area contributed by atoms with Crippen molar-refractivity contribution in [2.75, 3.05) is 0 Å². The molecule has 0 bridgehead atoms. The van der Waals surface area contributed by atoms with Crippen LogP contribution in [0.2, 0.25) is 10.2 Å². The lowest BCUT2D eigenvalue weighted by Gasteiger charge is -2.15. The lowest BCUT2D eigenvalue weighted by Crippen LogP contribution is -2.20. The van der Waals surface area contributed by atoms with E-state index >= 15 is 0 Å². The Balaban J connectivity index is 3.12. The summed E-state index contributed by atoms with van der Waals surface area (Å²) in [6.45, 7) is 0. The summed E-state index contributed by atoms with van der Waals surface area (Å²) in [6, 6.07) is 0.877. The normalized spacial score (nSPS) is 14.1. The Labute approximate surface area is 87.3 Å². The summed E-state index contributed by atoms with van der Waals surface area (Å²) in [4.78, 5) is 3.46. The number of aromatic nitrogens is 1. The molecule has 0 aliphatic rings. The van der Waals surface area contributed by atoms with Crippen molar-refractivity contribution in [3.05, 3.63) is 28.0 Å². The molecule has 1 aromatic rings. The zero-order valence-corrected chi connectivity index (χ0v) is 8.03. The van der Waals surface area contributed by atoms with E-state index in [1.165, 1.54) is 0 Å². The van der Waals surface area contributed by atoms with Crippen molar-refractivity contribution in [1.29, 1.82) is 0 Å². The Morgan fingerprint density at radius 3 is 2.43 bits per heavy atom. The van der Waals surface area contributed by atoms with Crippen LogP contribution in [0.15, 0.2) is 12.3 Å². The fourth-order valence-corrected chi connectivity index (χ4v) is 1.19. The zero-order valence-electron chi connectivity index (χ0n) is 6.52. The van der Waals surface area contributed by atoms with Crippen LogP contribution in [0.3, 0.4) is 0 Å². The molecule has 1 atom stereocenters. The van der Waals surface area contributed by atoms with Gasteiger partial charge < -0.3 is 5.11 Å². The largest absolute Gasteiger partial charge is 0.418 e. The van der Waals surface area contributed by atoms with Crippen LogP contribution in [0, 0.1) is 0 Å². The number of alkyl halides is 3. The first-order valence-corrected chi connectivity index (χ1v) is 4.13. The van der Waals surface area contributed by atoms with Crippen LogP contribution in [-0.2, 0) is 0 Å². The summed E-state index contributed by atoms with van der Waals surface area (Å²) in [6.07, 6.45) is -6.46. The van der Waals surface area contributed by atoms with Gasteiger partial charge in [0.25, 0.3) is 0 Å². The van der Waals surface area contributed by atoms with Crippen molar-refractivity contribution in [3.8, 4) is 0 Å². The Bertz CT molecular complexity index is 342. The molecule has 0 fully saturated rings. The van der Waals surface area contributed by atoms with Crippen molar-refractivity contribution < 1.29 is 18.3 Å². The van der Waals surface area contributed by atoms with E-state index in [1.54, 1.807) is 0 Å². The molecule has 78 valence electrons. The molecule has 1 rings (SSSR count). The molecule has 0 spiro atoms. The van der Waals surface area contributed by atoms with E-state index < -0.39 is 17.8 Å². The highest BCUT2D eigenvalue weighted by Crippen LogP contribution is 2.36. The highest BCUT2D eigenvalue weighted by atomic mass is 35.5. The molecule has 0 amide bonds. The van der Waals surface area contributed by atoms with Crippen molar-refractivity contribution in [2.24, 2.45) is 0 Å². The van der Waals surface area contributed by atoms with Crippen LogP contribution in [0.5, 0.6) is 0 Å². The third-order valence-electron chi connectivity index (χ3n) is 1.46. The molecule has 0 saturated heterocycles. The third-order valence-corrected chi connectivity index (χ3v) is 1.98. The lowest BCUT2D eigenvalue weighted by molar-refractivity contribution is -0.206. The lowest BCUT2D eigenvalue weighted by atomic mass is 10.1. The second-order valence-electron chi connectivity index (χ2n) is 2.47. The van der Waals surface area contributed by atoms with Crippen LogP contribution in [0.1, 0.15) is 11.7 Å². The van der Waals surface area contributed by atoms with Gasteiger partial charge in [-0.05, 0) is 6.07 Å². The Hall–Kier alpha value is -0.520. The van der Waals surface area contributed by atoms with Gasteiger partial charge in [-0.25, -0.2) is 4.98 Å². The van der Waals surface area contributed by atoms with Crippen LogP contribution >= 0.6 is 23.2 Å². The molecule has 0 aliphatic carbocycles. The van der Waals surface area contributed by atoms with Gasteiger partial charge in [-0.2, -0.15) is 13.2 Å². The predicted molar refractivity (Wildman–Crippen MR) is 45.3 cm³/mol. The maximum atomic E-state index is 12.1. The van der Waals surface area contributed by atoms with Gasteiger partial charge in [-0.15, -0.1) is 0 Å². The van der Waals surface area contributed by atoms with E-state index in [9.17, 15) is 13.2 Å². The minimum Gasteiger partial charge on any atom is -0.379 e. The molecular formula is C7H4Cl2F3NO. The zero-order chi connectivity index (χ0) is 10.9. The number of halogens is 5. The number of hydrogen-bond acceptors (Lipinski definition) is 2. The molecule has 1 heterocycles. The quantitative estimate of drug-likeness (QED) is 0.772. The van der Waals surface area contributed by atoms with Gasteiger partial charge in [-0.3, -0.25) is 0 Å². The second kappa shape index (κ2) is 3.92. The molecule has 2 nitrogen and oxygen atoms in total. The fraction of sp³-hybridized carbons (Fsp3) is 0.286. The number of aliphatic hydroxyl groups excluding tert-OH is 1. The highest BCUT2D eigenvalue weighted by Gasteiger charge is 2.40. The predicted octanol–water partition coefficient (Wildman–Crippen LogP) is 2.98. The molecule has 0 aromatic carbocycles. The van der Waals surface area contributed by atoms with Crippen LogP contribution in [-0.4, -0.2) is 16.3 Å². The summed E-state index contributed by atoms with van der Waals surface area (Å²) in [5.41, 5.74) is -0.501. The van der Waals surface area contributed by atoms with Crippen molar-refractivity contribution in [1.82, 2.24) is 4.98 Å². The number of pyridine rings is 1. The van der Waals surface area contributed by atoms with E-state index in [1.807, 2.05) is 0 Å². The molecule has 0 radical (unpaired) electrons. The van der Waals surface area contributed by atoms with Gasteiger partial charge in [-0.1, -0.05) is 23.2 Å². The summed E-state index contributed by atoms with van der Waals surface area (Å²) < 4.78 is 36.2. The van der Waals surface area contributed by atoms with Crippen LogP contribution in [0.4, 0.5) is 13.2 Å². The van der Waals surface area contributed by atoms with Crippen LogP contribution in [0.25, 0.3) is 0 Å². The fourth-order valence-electron chi connectivity index (χ4n) is 0.813. The minimum absolute atomic E-state index is 0.160. The maximum Gasteiger partial charge on any atom is 0.418 e. The van der Waals surface area contributed by atoms with E-state index in [0.29, 0.717) is 0 Å². The first-order chi connectivity index (χ1) is 6.32. The van der Waals surface area contributed by atoms with E-state index in [2.05, 4.69) is 4.98 Å². The SMILES string of the molecule is O[C@H](c1cc(Cl)ncc1Cl)C(F)(F)F. The molecule has 14 heavy (non-hydrogen) atoms. The number of hydrogen-bond donors (Lipinski definition) is 1. The Morgan fingerprint density at radius 1 is 1.36 bits per heavy atom. The summed E-state index contributed by atoms with van der Waals surface area (Å²) in [5, 5.41) is 8.43. The smallest absolute Gasteiger partial charge is 0.379 e. The van der Waals surface area contributed by atoms with Crippen molar-refractivity contribution in [2.45, 2.75) is 12.3 Å². The molecule has 1 N–H and O–H groups in total. The molecule has 1 aromatic heterocycles. The van der Waals surface area contributed by atoms with Crippen LogP contribution < -0.4 is 0 Å². The number of nitrogens with zero attached hydrogens (tertiary/aromatic N) is 1. The summed E-state index contributed by atoms with van der Waals surface area (Å²) in [7, 11) is 0. The summed E-state index contributed by atoms with van der Waals surface area (Å²) in [5.74, 6) is 0. The summed E-state index contributed by atoms with van der Waals surface area (Å²) >= 11 is 10.8. The van der Waals surface area contributed by atoms with Crippen molar-refractivity contribution >= 4 is 23.2 Å². The van der Waals surface area contributed by atoms with Gasteiger partial charge in [0.15, 0.2) is 6.10 Å². The molecular weight excluding hydrogens is 242 g/mol. The second-order valence-corrected chi connectivity index (χ2v) is 3.27. The highest BCUT2D eigenvalue weighted by molar-refractivity contribution is 6.32. The van der Waals surface area contributed by atoms with Gasteiger partial charge in [0, 0.05) is 11.8 Å². The van der Waals surface area contributed by atoms with Crippen molar-refractivity contribution in [3.63, 3.8) is 0 Å². The molecule has 0 saturated carbocycles. The molecule has 0 aliphatic heterocycles. The van der Waals surface area contributed by atoms with Gasteiger partial charge in [0.2, 0.25) is 0 Å². The van der Waals surface area contributed by atoms with E-state index in [0.717, 1.165) is 12.3 Å². The first-order valence-electron chi connectivity index (χ1n) is 3.38.